The van der Waals surface area contributed by atoms with E-state index in [4.69, 9.17) is 0 Å². The lowest BCUT2D eigenvalue weighted by molar-refractivity contribution is 0.582. The smallest absolute Gasteiger partial charge is 0.0861 e. The predicted molar refractivity (Wildman–Crippen MR) is 68.4 cm³/mol. The summed E-state index contributed by atoms with van der Waals surface area (Å²) >= 11 is 0. The van der Waals surface area contributed by atoms with Crippen LogP contribution in [0, 0.1) is 0 Å². The van der Waals surface area contributed by atoms with Gasteiger partial charge in [0.2, 0.25) is 0 Å². The summed E-state index contributed by atoms with van der Waals surface area (Å²) in [4.78, 5) is 0. The van der Waals surface area contributed by atoms with Crippen molar-refractivity contribution in [2.24, 2.45) is 0 Å². The lowest BCUT2D eigenvalue weighted by Crippen LogP contribution is -2.09. The third-order valence-electron chi connectivity index (χ3n) is 1.97. The van der Waals surface area contributed by atoms with Crippen molar-refractivity contribution in [1.29, 1.82) is 0 Å². The highest BCUT2D eigenvalue weighted by atomic mass is 31.2. The average molecular weight is 225 g/mol. The van der Waals surface area contributed by atoms with Crippen molar-refractivity contribution < 1.29 is 4.57 Å². The summed E-state index contributed by atoms with van der Waals surface area (Å²) in [6.45, 7) is 7.88. The SMILES string of the molecule is CC(C)Nc1ccc(CP(C)(C)=O)cc1. The monoisotopic (exact) mass is 225 g/mol. The van der Waals surface area contributed by atoms with Crippen LogP contribution in [0.5, 0.6) is 0 Å². The van der Waals surface area contributed by atoms with E-state index in [9.17, 15) is 4.57 Å². The Bertz CT molecular complexity index is 350. The van der Waals surface area contributed by atoms with E-state index in [0.29, 0.717) is 12.2 Å². The first-order valence-electron chi connectivity index (χ1n) is 5.26. The summed E-state index contributed by atoms with van der Waals surface area (Å²) in [5, 5.41) is 3.33. The van der Waals surface area contributed by atoms with Crippen LogP contribution in [0.3, 0.4) is 0 Å². The highest BCUT2D eigenvalue weighted by molar-refractivity contribution is 7.61. The number of hydrogen-bond acceptors (Lipinski definition) is 2. The first-order chi connectivity index (χ1) is 6.87. The molecule has 0 heterocycles. The number of hydrogen-bond donors (Lipinski definition) is 1. The van der Waals surface area contributed by atoms with Crippen LogP contribution < -0.4 is 5.32 Å². The number of nitrogens with one attached hydrogen (secondary N) is 1. The van der Waals surface area contributed by atoms with Crippen LogP contribution in [0.25, 0.3) is 0 Å². The van der Waals surface area contributed by atoms with E-state index in [1.807, 2.05) is 37.6 Å². The molecule has 84 valence electrons. The molecule has 1 aromatic carbocycles. The maximum Gasteiger partial charge on any atom is 0.0861 e. The van der Waals surface area contributed by atoms with Crippen molar-refractivity contribution in [1.82, 2.24) is 0 Å². The molecule has 1 N–H and O–H groups in total. The van der Waals surface area contributed by atoms with Crippen LogP contribution in [-0.2, 0) is 10.7 Å². The number of benzene rings is 1. The predicted octanol–water partition coefficient (Wildman–Crippen LogP) is 3.63. The van der Waals surface area contributed by atoms with Crippen LogP contribution in [0.2, 0.25) is 0 Å². The lowest BCUT2D eigenvalue weighted by Gasteiger charge is -2.11. The fourth-order valence-corrected chi connectivity index (χ4v) is 2.57. The molecule has 0 aromatic heterocycles. The zero-order chi connectivity index (χ0) is 11.5. The third kappa shape index (κ3) is 5.03. The summed E-state index contributed by atoms with van der Waals surface area (Å²) in [5.41, 5.74) is 2.27. The highest BCUT2D eigenvalue weighted by Crippen LogP contribution is 2.40. The molecule has 0 atom stereocenters. The van der Waals surface area contributed by atoms with Crippen LogP contribution in [0.1, 0.15) is 19.4 Å². The van der Waals surface area contributed by atoms with Crippen molar-refractivity contribution in [3.8, 4) is 0 Å². The first-order valence-corrected chi connectivity index (χ1v) is 8.05. The molecule has 0 aliphatic rings. The second-order valence-electron chi connectivity index (χ2n) is 4.73. The Morgan fingerprint density at radius 2 is 1.73 bits per heavy atom. The van der Waals surface area contributed by atoms with Crippen LogP contribution in [0.15, 0.2) is 24.3 Å². The van der Waals surface area contributed by atoms with Gasteiger partial charge in [0.1, 0.15) is 0 Å². The van der Waals surface area contributed by atoms with Gasteiger partial charge in [0.25, 0.3) is 0 Å². The van der Waals surface area contributed by atoms with Crippen molar-refractivity contribution in [3.63, 3.8) is 0 Å². The minimum atomic E-state index is -1.95. The third-order valence-corrected chi connectivity index (χ3v) is 3.10. The summed E-state index contributed by atoms with van der Waals surface area (Å²) in [6.07, 6.45) is 0.689. The van der Waals surface area contributed by atoms with Crippen LogP contribution >= 0.6 is 7.14 Å². The van der Waals surface area contributed by atoms with Crippen molar-refractivity contribution >= 4 is 12.8 Å². The topological polar surface area (TPSA) is 29.1 Å². The molecular formula is C12H20NOP. The van der Waals surface area contributed by atoms with Gasteiger partial charge in [-0.15, -0.1) is 0 Å². The van der Waals surface area contributed by atoms with Gasteiger partial charge in [-0.25, -0.2) is 0 Å². The van der Waals surface area contributed by atoms with E-state index in [2.05, 4.69) is 19.2 Å². The summed E-state index contributed by atoms with van der Waals surface area (Å²) in [5.74, 6) is 0. The number of rotatable bonds is 4. The van der Waals surface area contributed by atoms with Crippen LogP contribution in [-0.4, -0.2) is 19.4 Å². The second-order valence-corrected chi connectivity index (χ2v) is 8.19. The Labute approximate surface area is 92.5 Å². The molecule has 0 aliphatic carbocycles. The quantitative estimate of drug-likeness (QED) is 0.793. The van der Waals surface area contributed by atoms with Gasteiger partial charge in [0, 0.05) is 17.9 Å². The molecule has 15 heavy (non-hydrogen) atoms. The molecule has 1 aromatic rings. The standard InChI is InChI=1S/C12H20NOP/c1-10(2)13-12-7-5-11(6-8-12)9-15(3,4)14/h5-8,10,13H,9H2,1-4H3. The molecule has 0 bridgehead atoms. The molecule has 2 nitrogen and oxygen atoms in total. The Kier molecular flexibility index (Phi) is 3.98. The lowest BCUT2D eigenvalue weighted by atomic mass is 10.2. The highest BCUT2D eigenvalue weighted by Gasteiger charge is 2.07. The zero-order valence-electron chi connectivity index (χ0n) is 9.95. The van der Waals surface area contributed by atoms with E-state index in [1.54, 1.807) is 0 Å². The molecule has 3 heteroatoms. The molecule has 0 saturated carbocycles. The van der Waals surface area contributed by atoms with Gasteiger partial charge in [-0.05, 0) is 44.9 Å². The van der Waals surface area contributed by atoms with Crippen molar-refractivity contribution in [2.45, 2.75) is 26.1 Å². The molecule has 0 saturated heterocycles. The zero-order valence-corrected chi connectivity index (χ0v) is 10.8. The fourth-order valence-electron chi connectivity index (χ4n) is 1.48. The van der Waals surface area contributed by atoms with Gasteiger partial charge >= 0.3 is 0 Å². The van der Waals surface area contributed by atoms with Gasteiger partial charge in [0.05, 0.1) is 7.14 Å². The Morgan fingerprint density at radius 1 is 1.20 bits per heavy atom. The molecule has 0 unspecified atom stereocenters. The molecule has 0 aliphatic heterocycles. The van der Waals surface area contributed by atoms with Gasteiger partial charge in [-0.3, -0.25) is 0 Å². The molecule has 0 fully saturated rings. The van der Waals surface area contributed by atoms with Gasteiger partial charge in [-0.2, -0.15) is 0 Å². The average Bonchev–Trinajstić information content (AvgIpc) is 2.05. The minimum absolute atomic E-state index is 0.444. The maximum absolute atomic E-state index is 11.6. The Morgan fingerprint density at radius 3 is 2.13 bits per heavy atom. The van der Waals surface area contributed by atoms with Crippen molar-refractivity contribution in [3.05, 3.63) is 29.8 Å². The minimum Gasteiger partial charge on any atom is -0.383 e. The molecule has 0 radical (unpaired) electrons. The Balaban J connectivity index is 2.68. The summed E-state index contributed by atoms with van der Waals surface area (Å²) < 4.78 is 11.6. The number of anilines is 1. The fraction of sp³-hybridized carbons (Fsp3) is 0.500. The van der Waals surface area contributed by atoms with Gasteiger partial charge < -0.3 is 9.88 Å². The summed E-state index contributed by atoms with van der Waals surface area (Å²) in [6, 6.07) is 8.63. The van der Waals surface area contributed by atoms with E-state index in [1.165, 1.54) is 0 Å². The first kappa shape index (κ1) is 12.3. The molecule has 1 rings (SSSR count). The van der Waals surface area contributed by atoms with Crippen molar-refractivity contribution in [2.75, 3.05) is 18.6 Å². The normalized spacial score (nSPS) is 11.8. The molecule has 0 spiro atoms. The van der Waals surface area contributed by atoms with E-state index in [0.717, 1.165) is 11.3 Å². The molecular weight excluding hydrogens is 205 g/mol. The van der Waals surface area contributed by atoms with Crippen LogP contribution in [0.4, 0.5) is 5.69 Å². The van der Waals surface area contributed by atoms with E-state index >= 15 is 0 Å². The van der Waals surface area contributed by atoms with E-state index in [-0.39, 0.29) is 0 Å². The summed E-state index contributed by atoms with van der Waals surface area (Å²) in [7, 11) is -1.95. The molecule has 0 amide bonds. The largest absolute Gasteiger partial charge is 0.383 e. The van der Waals surface area contributed by atoms with Gasteiger partial charge in [0.15, 0.2) is 0 Å². The maximum atomic E-state index is 11.6. The second kappa shape index (κ2) is 4.85. The van der Waals surface area contributed by atoms with E-state index < -0.39 is 7.14 Å². The Hall–Kier alpha value is -0.750. The van der Waals surface area contributed by atoms with Gasteiger partial charge in [-0.1, -0.05) is 12.1 Å².